The van der Waals surface area contributed by atoms with Gasteiger partial charge in [0.2, 0.25) is 0 Å². The third kappa shape index (κ3) is 3.71. The third-order valence-corrected chi connectivity index (χ3v) is 4.07. The number of benzene rings is 2. The van der Waals surface area contributed by atoms with Gasteiger partial charge < -0.3 is 4.74 Å². The van der Waals surface area contributed by atoms with Crippen molar-refractivity contribution < 1.29 is 4.74 Å². The molecule has 1 heteroatoms. The zero-order valence-corrected chi connectivity index (χ0v) is 14.7. The predicted molar refractivity (Wildman–Crippen MR) is 94.8 cm³/mol. The number of ether oxygens (including phenoxy) is 1. The van der Waals surface area contributed by atoms with Gasteiger partial charge in [-0.25, -0.2) is 0 Å². The van der Waals surface area contributed by atoms with Gasteiger partial charge in [-0.2, -0.15) is 0 Å². The molecule has 0 radical (unpaired) electrons. The number of hydrogen-bond acceptors (Lipinski definition) is 1. The van der Waals surface area contributed by atoms with Gasteiger partial charge in [-0.15, -0.1) is 0 Å². The maximum absolute atomic E-state index is 6.10. The number of hydrogen-bond donors (Lipinski definition) is 0. The van der Waals surface area contributed by atoms with Crippen LogP contribution in [0.25, 0.3) is 0 Å². The zero-order valence-electron chi connectivity index (χ0n) is 14.7. The highest BCUT2D eigenvalue weighted by molar-refractivity contribution is 5.44. The second kappa shape index (κ2) is 6.16. The van der Waals surface area contributed by atoms with E-state index in [1.165, 1.54) is 16.7 Å². The molecule has 0 fully saturated rings. The molecular formula is C21H28O. The fourth-order valence-electron chi connectivity index (χ4n) is 2.70. The van der Waals surface area contributed by atoms with E-state index in [1.807, 2.05) is 0 Å². The van der Waals surface area contributed by atoms with Crippen molar-refractivity contribution in [3.05, 3.63) is 65.2 Å². The lowest BCUT2D eigenvalue weighted by Gasteiger charge is -2.28. The first-order valence-electron chi connectivity index (χ1n) is 8.12. The first-order valence-corrected chi connectivity index (χ1v) is 8.12. The smallest absolute Gasteiger partial charge is 0.123 e. The van der Waals surface area contributed by atoms with Gasteiger partial charge in [0.15, 0.2) is 0 Å². The molecule has 0 bridgehead atoms. The van der Waals surface area contributed by atoms with E-state index in [2.05, 4.69) is 90.1 Å². The van der Waals surface area contributed by atoms with E-state index in [0.717, 1.165) is 12.2 Å². The van der Waals surface area contributed by atoms with Crippen molar-refractivity contribution >= 4 is 0 Å². The largest absolute Gasteiger partial charge is 0.488 e. The summed E-state index contributed by atoms with van der Waals surface area (Å²) in [6, 6.07) is 17.3. The molecule has 0 aromatic heterocycles. The van der Waals surface area contributed by atoms with Crippen molar-refractivity contribution in [2.45, 2.75) is 59.0 Å². The Hall–Kier alpha value is -1.76. The second-order valence-corrected chi connectivity index (χ2v) is 7.38. The maximum Gasteiger partial charge on any atom is 0.123 e. The highest BCUT2D eigenvalue weighted by Gasteiger charge is 2.24. The Morgan fingerprint density at radius 2 is 1.45 bits per heavy atom. The molecule has 118 valence electrons. The van der Waals surface area contributed by atoms with Crippen LogP contribution in [-0.2, 0) is 11.8 Å². The van der Waals surface area contributed by atoms with Gasteiger partial charge >= 0.3 is 0 Å². The van der Waals surface area contributed by atoms with Crippen molar-refractivity contribution in [1.82, 2.24) is 0 Å². The molecule has 22 heavy (non-hydrogen) atoms. The molecule has 0 saturated heterocycles. The lowest BCUT2D eigenvalue weighted by Crippen LogP contribution is -2.24. The van der Waals surface area contributed by atoms with E-state index < -0.39 is 0 Å². The zero-order chi connectivity index (χ0) is 16.4. The fourth-order valence-corrected chi connectivity index (χ4v) is 2.70. The topological polar surface area (TPSA) is 9.23 Å². The quantitative estimate of drug-likeness (QED) is 0.697. The Labute approximate surface area is 135 Å². The minimum atomic E-state index is -0.166. The van der Waals surface area contributed by atoms with E-state index in [0.29, 0.717) is 0 Å². The highest BCUT2D eigenvalue weighted by atomic mass is 16.5. The van der Waals surface area contributed by atoms with Gasteiger partial charge in [-0.05, 0) is 49.9 Å². The van der Waals surface area contributed by atoms with Gasteiger partial charge in [0.1, 0.15) is 11.4 Å². The van der Waals surface area contributed by atoms with E-state index >= 15 is 0 Å². The van der Waals surface area contributed by atoms with Gasteiger partial charge in [0, 0.05) is 5.41 Å². The van der Waals surface area contributed by atoms with E-state index in [-0.39, 0.29) is 11.0 Å². The second-order valence-electron chi connectivity index (χ2n) is 7.38. The van der Waals surface area contributed by atoms with Gasteiger partial charge in [0.25, 0.3) is 0 Å². The average Bonchev–Trinajstić information content (AvgIpc) is 2.47. The van der Waals surface area contributed by atoms with Crippen molar-refractivity contribution in [1.29, 1.82) is 0 Å². The van der Waals surface area contributed by atoms with Crippen LogP contribution in [0.4, 0.5) is 0 Å². The summed E-state index contributed by atoms with van der Waals surface area (Å²) in [5.74, 6) is 1.00. The van der Waals surface area contributed by atoms with Gasteiger partial charge in [-0.3, -0.25) is 0 Å². The van der Waals surface area contributed by atoms with E-state index in [9.17, 15) is 0 Å². The van der Waals surface area contributed by atoms with Crippen LogP contribution < -0.4 is 4.74 Å². The number of rotatable bonds is 4. The van der Waals surface area contributed by atoms with Crippen LogP contribution >= 0.6 is 0 Å². The van der Waals surface area contributed by atoms with Crippen molar-refractivity contribution in [2.24, 2.45) is 0 Å². The molecule has 0 N–H and O–H groups in total. The minimum Gasteiger partial charge on any atom is -0.488 e. The standard InChI is InChI=1S/C21H28O/c1-7-16-15-18(13-14-19(16)22-20(2,3)4)21(5,6)17-11-9-8-10-12-17/h8-15H,7H2,1-6H3. The molecule has 2 rings (SSSR count). The highest BCUT2D eigenvalue weighted by Crippen LogP contribution is 2.35. The Kier molecular flexibility index (Phi) is 4.65. The van der Waals surface area contributed by atoms with Gasteiger partial charge in [-0.1, -0.05) is 63.2 Å². The molecule has 0 spiro atoms. The molecule has 0 unspecified atom stereocenters. The average molecular weight is 296 g/mol. The minimum absolute atomic E-state index is 0.00849. The molecule has 0 saturated carbocycles. The van der Waals surface area contributed by atoms with E-state index in [1.54, 1.807) is 0 Å². The monoisotopic (exact) mass is 296 g/mol. The van der Waals surface area contributed by atoms with Crippen LogP contribution in [0.2, 0.25) is 0 Å². The third-order valence-electron chi connectivity index (χ3n) is 4.07. The molecule has 0 aliphatic rings. The molecule has 2 aromatic rings. The van der Waals surface area contributed by atoms with Crippen LogP contribution in [0.15, 0.2) is 48.5 Å². The maximum atomic E-state index is 6.10. The Morgan fingerprint density at radius 1 is 0.818 bits per heavy atom. The molecule has 0 aliphatic carbocycles. The summed E-state index contributed by atoms with van der Waals surface area (Å²) in [4.78, 5) is 0. The summed E-state index contributed by atoms with van der Waals surface area (Å²) >= 11 is 0. The van der Waals surface area contributed by atoms with Crippen molar-refractivity contribution in [3.8, 4) is 5.75 Å². The Balaban J connectivity index is 2.41. The van der Waals surface area contributed by atoms with Crippen LogP contribution in [0.5, 0.6) is 5.75 Å². The molecule has 1 nitrogen and oxygen atoms in total. The van der Waals surface area contributed by atoms with Crippen LogP contribution in [0, 0.1) is 0 Å². The first kappa shape index (κ1) is 16.6. The summed E-state index contributed by atoms with van der Waals surface area (Å²) < 4.78 is 6.10. The molecular weight excluding hydrogens is 268 g/mol. The normalized spacial score (nSPS) is 12.3. The lowest BCUT2D eigenvalue weighted by molar-refractivity contribution is 0.129. The van der Waals surface area contributed by atoms with Crippen molar-refractivity contribution in [3.63, 3.8) is 0 Å². The summed E-state index contributed by atoms with van der Waals surface area (Å²) in [6.07, 6.45) is 0.976. The molecule has 0 amide bonds. The summed E-state index contributed by atoms with van der Waals surface area (Å²) in [5, 5.41) is 0. The summed E-state index contributed by atoms with van der Waals surface area (Å²) in [7, 11) is 0. The predicted octanol–water partition coefficient (Wildman–Crippen LogP) is 5.75. The summed E-state index contributed by atoms with van der Waals surface area (Å²) in [5.41, 5.74) is 3.76. The van der Waals surface area contributed by atoms with Crippen LogP contribution in [0.1, 0.15) is 58.2 Å². The SMILES string of the molecule is CCc1cc(C(C)(C)c2ccccc2)ccc1OC(C)(C)C. The molecule has 0 atom stereocenters. The Morgan fingerprint density at radius 3 is 2.00 bits per heavy atom. The lowest BCUT2D eigenvalue weighted by atomic mass is 9.77. The summed E-state index contributed by atoms with van der Waals surface area (Å²) in [6.45, 7) is 13.0. The van der Waals surface area contributed by atoms with Gasteiger partial charge in [0.05, 0.1) is 0 Å². The number of aryl methyl sites for hydroxylation is 1. The van der Waals surface area contributed by atoms with Crippen molar-refractivity contribution in [2.75, 3.05) is 0 Å². The fraction of sp³-hybridized carbons (Fsp3) is 0.429. The van der Waals surface area contributed by atoms with Crippen LogP contribution in [0.3, 0.4) is 0 Å². The molecule has 0 heterocycles. The molecule has 2 aromatic carbocycles. The Bertz CT molecular complexity index is 618. The van der Waals surface area contributed by atoms with Crippen LogP contribution in [-0.4, -0.2) is 5.60 Å². The first-order chi connectivity index (χ1) is 10.2. The van der Waals surface area contributed by atoms with E-state index in [4.69, 9.17) is 4.74 Å². The molecule has 0 aliphatic heterocycles.